The first kappa shape index (κ1) is 20.3. The van der Waals surface area contributed by atoms with E-state index in [1.807, 2.05) is 0 Å². The van der Waals surface area contributed by atoms with E-state index in [-0.39, 0.29) is 17.8 Å². The Morgan fingerprint density at radius 3 is 2.58 bits per heavy atom. The third-order valence-electron chi connectivity index (χ3n) is 3.98. The number of ether oxygens (including phenoxy) is 2. The average molecular weight is 387 g/mol. The van der Waals surface area contributed by atoms with Gasteiger partial charge in [0.15, 0.2) is 0 Å². The van der Waals surface area contributed by atoms with Crippen LogP contribution in [0.25, 0.3) is 0 Å². The quantitative estimate of drug-likeness (QED) is 0.664. The molecule has 2 aliphatic heterocycles. The lowest BCUT2D eigenvalue weighted by Gasteiger charge is -2.37. The molecule has 0 aromatic rings. The molecule has 2 N–H and O–H groups in total. The predicted molar refractivity (Wildman–Crippen MR) is 94.3 cm³/mol. The van der Waals surface area contributed by atoms with Crippen molar-refractivity contribution in [3.63, 3.8) is 0 Å². The summed E-state index contributed by atoms with van der Waals surface area (Å²) in [6.45, 7) is 4.97. The van der Waals surface area contributed by atoms with Crippen LogP contribution in [0.15, 0.2) is 0 Å². The molecule has 0 radical (unpaired) electrons. The molecule has 3 amide bonds. The van der Waals surface area contributed by atoms with Gasteiger partial charge in [0.25, 0.3) is 0 Å². The second kappa shape index (κ2) is 8.15. The molecule has 2 rings (SSSR count). The SMILES string of the molecule is COC(=O)CNC(=O)C1CSC2CCC(NC(=O)OC(C)(C)C)C(=O)N21. The van der Waals surface area contributed by atoms with E-state index in [1.165, 1.54) is 23.8 Å². The number of piperidine rings is 1. The van der Waals surface area contributed by atoms with Gasteiger partial charge < -0.3 is 25.0 Å². The Balaban J connectivity index is 1.99. The van der Waals surface area contributed by atoms with Crippen LogP contribution in [0, 0.1) is 0 Å². The Bertz CT molecular complexity index is 591. The number of rotatable bonds is 4. The van der Waals surface area contributed by atoms with Crippen molar-refractivity contribution in [1.82, 2.24) is 15.5 Å². The molecule has 10 heteroatoms. The van der Waals surface area contributed by atoms with Crippen LogP contribution in [-0.4, -0.2) is 71.2 Å². The standard InChI is InChI=1S/C16H25N3O6S/c1-16(2,3)25-15(23)18-9-5-6-11-19(14(9)22)10(8-26-11)13(21)17-7-12(20)24-4/h9-11H,5-8H2,1-4H3,(H,17,21)(H,18,23). The minimum absolute atomic E-state index is 0.104. The molecule has 0 spiro atoms. The molecule has 2 fully saturated rings. The maximum Gasteiger partial charge on any atom is 0.408 e. The number of thioether (sulfide) groups is 1. The third kappa shape index (κ3) is 5.03. The summed E-state index contributed by atoms with van der Waals surface area (Å²) in [5.41, 5.74) is -0.663. The molecular weight excluding hydrogens is 362 g/mol. The lowest BCUT2D eigenvalue weighted by atomic mass is 10.0. The van der Waals surface area contributed by atoms with Crippen molar-refractivity contribution in [3.8, 4) is 0 Å². The van der Waals surface area contributed by atoms with Crippen LogP contribution in [0.3, 0.4) is 0 Å². The van der Waals surface area contributed by atoms with E-state index in [0.29, 0.717) is 18.6 Å². The molecule has 26 heavy (non-hydrogen) atoms. The zero-order valence-corrected chi connectivity index (χ0v) is 16.2. The van der Waals surface area contributed by atoms with Crippen molar-refractivity contribution >= 4 is 35.6 Å². The fourth-order valence-electron chi connectivity index (χ4n) is 2.83. The Kier molecular flexibility index (Phi) is 6.38. The summed E-state index contributed by atoms with van der Waals surface area (Å²) in [6, 6.07) is -1.40. The minimum Gasteiger partial charge on any atom is -0.468 e. The molecular formula is C16H25N3O6S. The molecule has 0 saturated carbocycles. The summed E-state index contributed by atoms with van der Waals surface area (Å²) >= 11 is 1.52. The predicted octanol–water partition coefficient (Wildman–Crippen LogP) is 0.233. The van der Waals surface area contributed by atoms with E-state index in [4.69, 9.17) is 4.74 Å². The Labute approximate surface area is 156 Å². The van der Waals surface area contributed by atoms with Gasteiger partial charge in [0.05, 0.1) is 12.5 Å². The van der Waals surface area contributed by atoms with Gasteiger partial charge in [0.1, 0.15) is 24.2 Å². The largest absolute Gasteiger partial charge is 0.468 e. The number of amides is 3. The van der Waals surface area contributed by atoms with E-state index in [9.17, 15) is 19.2 Å². The van der Waals surface area contributed by atoms with E-state index >= 15 is 0 Å². The summed E-state index contributed by atoms with van der Waals surface area (Å²) in [4.78, 5) is 49.8. The van der Waals surface area contributed by atoms with Gasteiger partial charge in [-0.1, -0.05) is 0 Å². The fraction of sp³-hybridized carbons (Fsp3) is 0.750. The smallest absolute Gasteiger partial charge is 0.408 e. The number of methoxy groups -OCH3 is 1. The number of hydrogen-bond acceptors (Lipinski definition) is 7. The highest BCUT2D eigenvalue weighted by Gasteiger charge is 2.47. The first-order valence-electron chi connectivity index (χ1n) is 8.40. The van der Waals surface area contributed by atoms with E-state index < -0.39 is 35.7 Å². The summed E-state index contributed by atoms with van der Waals surface area (Å²) in [6.07, 6.45) is 0.494. The summed E-state index contributed by atoms with van der Waals surface area (Å²) < 4.78 is 9.69. The van der Waals surface area contributed by atoms with Crippen molar-refractivity contribution in [2.75, 3.05) is 19.4 Å². The number of alkyl carbamates (subject to hydrolysis) is 1. The molecule has 146 valence electrons. The first-order valence-corrected chi connectivity index (χ1v) is 9.45. The third-order valence-corrected chi connectivity index (χ3v) is 5.33. The summed E-state index contributed by atoms with van der Waals surface area (Å²) in [7, 11) is 1.23. The maximum atomic E-state index is 12.8. The Morgan fingerprint density at radius 2 is 1.96 bits per heavy atom. The molecule has 0 aliphatic carbocycles. The van der Waals surface area contributed by atoms with Gasteiger partial charge in [-0.2, -0.15) is 0 Å². The van der Waals surface area contributed by atoms with Gasteiger partial charge in [0, 0.05) is 5.75 Å². The van der Waals surface area contributed by atoms with Crippen molar-refractivity contribution in [2.24, 2.45) is 0 Å². The van der Waals surface area contributed by atoms with E-state index in [0.717, 1.165) is 0 Å². The topological polar surface area (TPSA) is 114 Å². The normalized spacial score (nSPS) is 25.3. The highest BCUT2D eigenvalue weighted by atomic mass is 32.2. The van der Waals surface area contributed by atoms with Crippen molar-refractivity contribution in [2.45, 2.75) is 56.7 Å². The lowest BCUT2D eigenvalue weighted by molar-refractivity contribution is -0.145. The van der Waals surface area contributed by atoms with E-state index in [2.05, 4.69) is 15.4 Å². The van der Waals surface area contributed by atoms with Crippen molar-refractivity contribution in [3.05, 3.63) is 0 Å². The van der Waals surface area contributed by atoms with Crippen LogP contribution in [0.1, 0.15) is 33.6 Å². The fourth-order valence-corrected chi connectivity index (χ4v) is 4.26. The first-order chi connectivity index (χ1) is 12.1. The minimum atomic E-state index is -0.726. The van der Waals surface area contributed by atoms with Crippen LogP contribution in [0.5, 0.6) is 0 Å². The van der Waals surface area contributed by atoms with Crippen LogP contribution in [0.4, 0.5) is 4.79 Å². The molecule has 0 aromatic carbocycles. The zero-order chi connectivity index (χ0) is 19.5. The van der Waals surface area contributed by atoms with Crippen LogP contribution in [-0.2, 0) is 23.9 Å². The summed E-state index contributed by atoms with van der Waals surface area (Å²) in [5.74, 6) is -0.829. The number of hydrogen-bond donors (Lipinski definition) is 2. The van der Waals surface area contributed by atoms with Gasteiger partial charge in [-0.3, -0.25) is 14.4 Å². The molecule has 0 bridgehead atoms. The second-order valence-corrected chi connectivity index (χ2v) is 8.33. The van der Waals surface area contributed by atoms with Crippen LogP contribution < -0.4 is 10.6 Å². The van der Waals surface area contributed by atoms with Gasteiger partial charge in [-0.15, -0.1) is 11.8 Å². The van der Waals surface area contributed by atoms with Crippen LogP contribution in [0.2, 0.25) is 0 Å². The molecule has 3 atom stereocenters. The Hall–Kier alpha value is -1.97. The number of fused-ring (bicyclic) bond motifs is 1. The number of carbonyl (C=O) groups is 4. The summed E-state index contributed by atoms with van der Waals surface area (Å²) in [5, 5.41) is 4.97. The van der Waals surface area contributed by atoms with Crippen LogP contribution >= 0.6 is 11.8 Å². The molecule has 2 heterocycles. The second-order valence-electron chi connectivity index (χ2n) is 7.12. The van der Waals surface area contributed by atoms with Gasteiger partial charge in [0.2, 0.25) is 11.8 Å². The molecule has 3 unspecified atom stereocenters. The van der Waals surface area contributed by atoms with E-state index in [1.54, 1.807) is 20.8 Å². The van der Waals surface area contributed by atoms with Gasteiger partial charge in [-0.05, 0) is 33.6 Å². The zero-order valence-electron chi connectivity index (χ0n) is 15.4. The molecule has 2 aliphatic rings. The number of nitrogens with one attached hydrogen (secondary N) is 2. The average Bonchev–Trinajstić information content (AvgIpc) is 2.98. The highest BCUT2D eigenvalue weighted by molar-refractivity contribution is 8.00. The number of carbonyl (C=O) groups excluding carboxylic acids is 4. The number of esters is 1. The van der Waals surface area contributed by atoms with Crippen molar-refractivity contribution in [1.29, 1.82) is 0 Å². The monoisotopic (exact) mass is 387 g/mol. The van der Waals surface area contributed by atoms with Gasteiger partial charge >= 0.3 is 12.1 Å². The maximum absolute atomic E-state index is 12.8. The van der Waals surface area contributed by atoms with Gasteiger partial charge in [-0.25, -0.2) is 4.79 Å². The highest BCUT2D eigenvalue weighted by Crippen LogP contribution is 2.36. The van der Waals surface area contributed by atoms with Crippen molar-refractivity contribution < 1.29 is 28.7 Å². The molecule has 2 saturated heterocycles. The molecule has 9 nitrogen and oxygen atoms in total. The lowest BCUT2D eigenvalue weighted by Crippen LogP contribution is -2.59. The Morgan fingerprint density at radius 1 is 1.27 bits per heavy atom. The number of nitrogens with zero attached hydrogens (tertiary/aromatic N) is 1. The molecule has 0 aromatic heterocycles.